The van der Waals surface area contributed by atoms with Crippen LogP contribution < -0.4 is 10.6 Å². The van der Waals surface area contributed by atoms with Crippen LogP contribution in [-0.4, -0.2) is 15.9 Å². The maximum absolute atomic E-state index is 12.9. The fourth-order valence-corrected chi connectivity index (χ4v) is 2.35. The van der Waals surface area contributed by atoms with Gasteiger partial charge in [0.15, 0.2) is 0 Å². The molecular weight excluding hydrogens is 331 g/mol. The minimum absolute atomic E-state index is 0.232. The Balaban J connectivity index is 1.60. The molecule has 0 saturated carbocycles. The number of amides is 1. The van der Waals surface area contributed by atoms with Crippen LogP contribution in [0.25, 0.3) is 0 Å². The predicted molar refractivity (Wildman–Crippen MR) is 99.6 cm³/mol. The highest BCUT2D eigenvalue weighted by Gasteiger charge is 2.09. The third-order valence-corrected chi connectivity index (χ3v) is 4.04. The Labute approximate surface area is 151 Å². The zero-order valence-corrected chi connectivity index (χ0v) is 14.6. The third-order valence-electron chi connectivity index (χ3n) is 4.04. The zero-order chi connectivity index (χ0) is 18.5. The van der Waals surface area contributed by atoms with Gasteiger partial charge in [-0.05, 0) is 54.8 Å². The molecule has 1 amide bonds. The van der Waals surface area contributed by atoms with Gasteiger partial charge in [0.2, 0.25) is 0 Å². The molecule has 0 aliphatic rings. The number of anilines is 2. The van der Waals surface area contributed by atoms with Crippen LogP contribution in [0.3, 0.4) is 0 Å². The van der Waals surface area contributed by atoms with Crippen molar-refractivity contribution < 1.29 is 9.18 Å². The van der Waals surface area contributed by atoms with Crippen LogP contribution in [0.5, 0.6) is 0 Å². The van der Waals surface area contributed by atoms with Gasteiger partial charge in [0, 0.05) is 12.2 Å². The van der Waals surface area contributed by atoms with Crippen molar-refractivity contribution in [1.82, 2.24) is 9.97 Å². The first kappa shape index (κ1) is 17.5. The lowest BCUT2D eigenvalue weighted by molar-refractivity contribution is 0.102. The lowest BCUT2D eigenvalue weighted by Crippen LogP contribution is -2.14. The predicted octanol–water partition coefficient (Wildman–Crippen LogP) is 4.10. The second-order valence-electron chi connectivity index (χ2n) is 6.02. The molecule has 0 spiro atoms. The highest BCUT2D eigenvalue weighted by molar-refractivity contribution is 6.02. The molecule has 26 heavy (non-hydrogen) atoms. The largest absolute Gasteiger partial charge is 0.365 e. The van der Waals surface area contributed by atoms with Crippen molar-refractivity contribution in [3.05, 3.63) is 83.1 Å². The first-order valence-electron chi connectivity index (χ1n) is 8.20. The minimum atomic E-state index is -0.314. The van der Waals surface area contributed by atoms with Gasteiger partial charge in [0.05, 0.1) is 12.4 Å². The molecule has 0 unspecified atom stereocenters. The quantitative estimate of drug-likeness (QED) is 0.727. The van der Waals surface area contributed by atoms with Crippen LogP contribution in [0.15, 0.2) is 54.9 Å². The van der Waals surface area contributed by atoms with Crippen molar-refractivity contribution >= 4 is 17.4 Å². The van der Waals surface area contributed by atoms with Crippen LogP contribution in [0.2, 0.25) is 0 Å². The summed E-state index contributed by atoms with van der Waals surface area (Å²) >= 11 is 0. The lowest BCUT2D eigenvalue weighted by atomic mass is 10.1. The number of nitrogens with zero attached hydrogens (tertiary/aromatic N) is 2. The second kappa shape index (κ2) is 7.74. The third kappa shape index (κ3) is 4.42. The molecule has 0 bridgehead atoms. The maximum atomic E-state index is 12.9. The van der Waals surface area contributed by atoms with E-state index >= 15 is 0 Å². The summed E-state index contributed by atoms with van der Waals surface area (Å²) in [6.07, 6.45) is 2.92. The minimum Gasteiger partial charge on any atom is -0.365 e. The normalized spacial score (nSPS) is 10.4. The van der Waals surface area contributed by atoms with E-state index in [1.807, 2.05) is 32.0 Å². The van der Waals surface area contributed by atoms with Crippen molar-refractivity contribution in [2.24, 2.45) is 0 Å². The van der Waals surface area contributed by atoms with Gasteiger partial charge < -0.3 is 10.6 Å². The number of carbonyl (C=O) groups excluding carboxylic acids is 1. The SMILES string of the molecule is Cc1ccc(NC(=O)c2cnc(NCc3ccc(F)cc3)cn2)cc1C. The molecule has 0 radical (unpaired) electrons. The van der Waals surface area contributed by atoms with Crippen LogP contribution in [0, 0.1) is 19.7 Å². The number of halogens is 1. The summed E-state index contributed by atoms with van der Waals surface area (Å²) in [5.74, 6) is -0.0458. The Morgan fingerprint density at radius 3 is 2.42 bits per heavy atom. The molecule has 0 aliphatic heterocycles. The highest BCUT2D eigenvalue weighted by atomic mass is 19.1. The lowest BCUT2D eigenvalue weighted by Gasteiger charge is -2.08. The highest BCUT2D eigenvalue weighted by Crippen LogP contribution is 2.15. The Morgan fingerprint density at radius 2 is 1.77 bits per heavy atom. The molecule has 3 aromatic rings. The van der Waals surface area contributed by atoms with E-state index in [0.717, 1.165) is 16.8 Å². The van der Waals surface area contributed by atoms with Gasteiger partial charge in [0.1, 0.15) is 17.3 Å². The Kier molecular flexibility index (Phi) is 5.22. The van der Waals surface area contributed by atoms with Gasteiger partial charge in [-0.3, -0.25) is 4.79 Å². The van der Waals surface area contributed by atoms with Crippen LogP contribution >= 0.6 is 0 Å². The first-order valence-corrected chi connectivity index (χ1v) is 8.20. The van der Waals surface area contributed by atoms with Gasteiger partial charge in [-0.25, -0.2) is 14.4 Å². The number of hydrogen-bond donors (Lipinski definition) is 2. The van der Waals surface area contributed by atoms with E-state index in [2.05, 4.69) is 20.6 Å². The van der Waals surface area contributed by atoms with Gasteiger partial charge in [-0.2, -0.15) is 0 Å². The second-order valence-corrected chi connectivity index (χ2v) is 6.02. The molecular formula is C20H19FN4O. The van der Waals surface area contributed by atoms with Crippen molar-refractivity contribution in [1.29, 1.82) is 0 Å². The number of benzene rings is 2. The summed E-state index contributed by atoms with van der Waals surface area (Å²) in [6.45, 7) is 4.50. The smallest absolute Gasteiger partial charge is 0.275 e. The molecule has 0 aliphatic carbocycles. The van der Waals surface area contributed by atoms with E-state index in [9.17, 15) is 9.18 Å². The summed E-state index contributed by atoms with van der Waals surface area (Å²) in [5, 5.41) is 5.89. The molecule has 1 heterocycles. The average molecular weight is 350 g/mol. The van der Waals surface area contributed by atoms with Gasteiger partial charge in [-0.1, -0.05) is 18.2 Å². The van der Waals surface area contributed by atoms with E-state index in [4.69, 9.17) is 0 Å². The molecule has 5 nitrogen and oxygen atoms in total. The van der Waals surface area contributed by atoms with Crippen molar-refractivity contribution in [2.45, 2.75) is 20.4 Å². The van der Waals surface area contributed by atoms with E-state index in [-0.39, 0.29) is 17.4 Å². The van der Waals surface area contributed by atoms with Crippen molar-refractivity contribution in [3.63, 3.8) is 0 Å². The summed E-state index contributed by atoms with van der Waals surface area (Å²) in [7, 11) is 0. The van der Waals surface area contributed by atoms with Gasteiger partial charge in [-0.15, -0.1) is 0 Å². The molecule has 0 fully saturated rings. The van der Waals surface area contributed by atoms with E-state index in [0.29, 0.717) is 12.4 Å². The molecule has 132 valence electrons. The number of hydrogen-bond acceptors (Lipinski definition) is 4. The van der Waals surface area contributed by atoms with Crippen LogP contribution in [0.4, 0.5) is 15.9 Å². The molecule has 0 saturated heterocycles. The monoisotopic (exact) mass is 350 g/mol. The summed E-state index contributed by atoms with van der Waals surface area (Å²) in [6, 6.07) is 11.9. The van der Waals surface area contributed by atoms with E-state index in [1.54, 1.807) is 12.1 Å². The van der Waals surface area contributed by atoms with Gasteiger partial charge >= 0.3 is 0 Å². The molecule has 2 N–H and O–H groups in total. The summed E-state index contributed by atoms with van der Waals surface area (Å²) in [5.41, 5.74) is 4.15. The topological polar surface area (TPSA) is 66.9 Å². The molecule has 3 rings (SSSR count). The van der Waals surface area contributed by atoms with Crippen LogP contribution in [0.1, 0.15) is 27.2 Å². The Hall–Kier alpha value is -3.28. The zero-order valence-electron chi connectivity index (χ0n) is 14.6. The van der Waals surface area contributed by atoms with Gasteiger partial charge in [0.25, 0.3) is 5.91 Å². The van der Waals surface area contributed by atoms with E-state index < -0.39 is 0 Å². The fourth-order valence-electron chi connectivity index (χ4n) is 2.35. The summed E-state index contributed by atoms with van der Waals surface area (Å²) < 4.78 is 12.9. The number of rotatable bonds is 5. The van der Waals surface area contributed by atoms with E-state index in [1.165, 1.54) is 30.1 Å². The molecule has 1 aromatic heterocycles. The molecule has 2 aromatic carbocycles. The number of aromatic nitrogens is 2. The van der Waals surface area contributed by atoms with Crippen LogP contribution in [-0.2, 0) is 6.54 Å². The summed E-state index contributed by atoms with van der Waals surface area (Å²) in [4.78, 5) is 20.6. The number of nitrogens with one attached hydrogen (secondary N) is 2. The maximum Gasteiger partial charge on any atom is 0.275 e. The molecule has 6 heteroatoms. The Morgan fingerprint density at radius 1 is 1.00 bits per heavy atom. The van der Waals surface area contributed by atoms with Crippen molar-refractivity contribution in [2.75, 3.05) is 10.6 Å². The Bertz CT molecular complexity index is 908. The first-order chi connectivity index (χ1) is 12.5. The fraction of sp³-hybridized carbons (Fsp3) is 0.150. The molecule has 0 atom stereocenters. The standard InChI is InChI=1S/C20H19FN4O/c1-13-3-8-17(9-14(13)2)25-20(26)18-11-24-19(12-22-18)23-10-15-4-6-16(21)7-5-15/h3-9,11-12H,10H2,1-2H3,(H,23,24)(H,25,26). The van der Waals surface area contributed by atoms with Crippen molar-refractivity contribution in [3.8, 4) is 0 Å². The number of aryl methyl sites for hydroxylation is 2. The average Bonchev–Trinajstić information content (AvgIpc) is 2.65. The number of carbonyl (C=O) groups is 1.